The van der Waals surface area contributed by atoms with E-state index in [1.807, 2.05) is 27.1 Å². The molecule has 9 heteroatoms. The fourth-order valence-corrected chi connectivity index (χ4v) is 3.15. The molecule has 0 saturated heterocycles. The van der Waals surface area contributed by atoms with Crippen molar-refractivity contribution in [1.29, 1.82) is 0 Å². The number of hydrogen-bond donors (Lipinski definition) is 3. The number of rotatable bonds is 8. The molecule has 0 bridgehead atoms. The molecule has 0 saturated carbocycles. The first kappa shape index (κ1) is 22.8. The Morgan fingerprint density at radius 3 is 2.77 bits per heavy atom. The van der Waals surface area contributed by atoms with Crippen molar-refractivity contribution in [3.05, 3.63) is 34.0 Å². The minimum atomic E-state index is -1.05. The van der Waals surface area contributed by atoms with Crippen LogP contribution in [0.25, 0.3) is 0 Å². The van der Waals surface area contributed by atoms with Crippen LogP contribution in [0, 0.1) is 6.92 Å². The highest BCUT2D eigenvalue weighted by atomic mass is 127. The van der Waals surface area contributed by atoms with E-state index in [2.05, 4.69) is 31.1 Å². The molecule has 146 valence electrons. The molecule has 2 aromatic rings. The number of aliphatic imine (C=N–C) groups is 1. The molecule has 0 aromatic carbocycles. The maximum Gasteiger partial charge on any atom is 0.191 e. The van der Waals surface area contributed by atoms with Crippen molar-refractivity contribution < 1.29 is 5.11 Å². The Labute approximate surface area is 176 Å². The van der Waals surface area contributed by atoms with Crippen LogP contribution in [-0.2, 0) is 19.1 Å². The van der Waals surface area contributed by atoms with E-state index >= 15 is 0 Å². The third-order valence-electron chi connectivity index (χ3n) is 3.74. The number of halogens is 1. The first-order valence-electron chi connectivity index (χ1n) is 8.55. The summed E-state index contributed by atoms with van der Waals surface area (Å²) in [6, 6.07) is 0. The van der Waals surface area contributed by atoms with Crippen molar-refractivity contribution in [1.82, 2.24) is 25.4 Å². The van der Waals surface area contributed by atoms with Crippen molar-refractivity contribution in [2.45, 2.75) is 39.2 Å². The van der Waals surface area contributed by atoms with E-state index in [1.165, 1.54) is 5.01 Å². The Kier molecular flexibility index (Phi) is 9.51. The van der Waals surface area contributed by atoms with E-state index in [-0.39, 0.29) is 30.5 Å². The van der Waals surface area contributed by atoms with Gasteiger partial charge in [-0.1, -0.05) is 0 Å². The first-order chi connectivity index (χ1) is 11.9. The average Bonchev–Trinajstić information content (AvgIpc) is 3.18. The second-order valence-electron chi connectivity index (χ2n) is 6.28. The van der Waals surface area contributed by atoms with Gasteiger partial charge in [0, 0.05) is 49.4 Å². The van der Waals surface area contributed by atoms with Gasteiger partial charge in [0.1, 0.15) is 5.60 Å². The molecule has 2 heterocycles. The van der Waals surface area contributed by atoms with Crippen molar-refractivity contribution in [3.63, 3.8) is 0 Å². The zero-order chi connectivity index (χ0) is 18.3. The summed E-state index contributed by atoms with van der Waals surface area (Å²) in [5, 5.41) is 24.5. The van der Waals surface area contributed by atoms with Gasteiger partial charge in [-0.3, -0.25) is 4.68 Å². The number of thiazole rings is 1. The molecule has 0 aliphatic heterocycles. The number of guanidine groups is 1. The minimum absolute atomic E-state index is 0. The molecule has 0 aliphatic carbocycles. The zero-order valence-corrected chi connectivity index (χ0v) is 19.0. The average molecular weight is 492 g/mol. The van der Waals surface area contributed by atoms with Gasteiger partial charge in [0.2, 0.25) is 0 Å². The largest absolute Gasteiger partial charge is 0.383 e. The molecule has 2 aromatic heterocycles. The van der Waals surface area contributed by atoms with Gasteiger partial charge in [-0.2, -0.15) is 5.10 Å². The number of aryl methyl sites for hydroxylation is 3. The first-order valence-corrected chi connectivity index (χ1v) is 9.43. The van der Waals surface area contributed by atoms with Gasteiger partial charge in [0.25, 0.3) is 0 Å². The second-order valence-corrected chi connectivity index (χ2v) is 7.23. The van der Waals surface area contributed by atoms with Crippen molar-refractivity contribution >= 4 is 41.3 Å². The number of aromatic nitrogens is 3. The Balaban J connectivity index is 0.00000338. The minimum Gasteiger partial charge on any atom is -0.383 e. The fraction of sp³-hybridized carbons (Fsp3) is 0.588. The normalized spacial score (nSPS) is 13.8. The lowest BCUT2D eigenvalue weighted by Crippen LogP contribution is -2.39. The van der Waals surface area contributed by atoms with E-state index in [4.69, 9.17) is 0 Å². The van der Waals surface area contributed by atoms with Gasteiger partial charge in [-0.05, 0) is 27.2 Å². The van der Waals surface area contributed by atoms with E-state index in [9.17, 15) is 5.11 Å². The van der Waals surface area contributed by atoms with Crippen LogP contribution < -0.4 is 10.6 Å². The summed E-state index contributed by atoms with van der Waals surface area (Å²) in [6.07, 6.45) is 5.42. The topological polar surface area (TPSA) is 87.4 Å². The highest BCUT2D eigenvalue weighted by molar-refractivity contribution is 14.0. The van der Waals surface area contributed by atoms with Gasteiger partial charge in [-0.15, -0.1) is 35.3 Å². The Morgan fingerprint density at radius 1 is 1.42 bits per heavy atom. The summed E-state index contributed by atoms with van der Waals surface area (Å²) in [5.41, 5.74) is 0.795. The van der Waals surface area contributed by atoms with Crippen LogP contribution in [-0.4, -0.2) is 45.5 Å². The summed E-state index contributed by atoms with van der Waals surface area (Å²) < 4.78 is 1.68. The molecule has 3 N–H and O–H groups in total. The predicted octanol–water partition coefficient (Wildman–Crippen LogP) is 2.20. The molecule has 0 spiro atoms. The van der Waals surface area contributed by atoms with Crippen LogP contribution >= 0.6 is 35.3 Å². The molecular formula is C17H29IN6OS. The lowest BCUT2D eigenvalue weighted by Gasteiger charge is -2.20. The van der Waals surface area contributed by atoms with E-state index < -0.39 is 5.60 Å². The molecule has 0 fully saturated rings. The molecule has 1 atom stereocenters. The monoisotopic (exact) mass is 492 g/mol. The van der Waals surface area contributed by atoms with Crippen molar-refractivity contribution in [2.24, 2.45) is 12.0 Å². The van der Waals surface area contributed by atoms with Crippen molar-refractivity contribution in [3.8, 4) is 0 Å². The Bertz CT molecular complexity index is 697. The Morgan fingerprint density at radius 2 is 2.19 bits per heavy atom. The summed E-state index contributed by atoms with van der Waals surface area (Å²) in [4.78, 5) is 8.99. The standard InChI is InChI=1S/C17H28N6OS.HI/c1-5-18-16(19-8-6-7-15-22-13(2)11-25-15)20-12-17(3,24)14-9-21-23(4)10-14;/h9-11,24H,5-8,12H2,1-4H3,(H2,18,19,20);1H. The lowest BCUT2D eigenvalue weighted by molar-refractivity contribution is 0.0672. The lowest BCUT2D eigenvalue weighted by atomic mass is 10.0. The molecule has 7 nitrogen and oxygen atoms in total. The smallest absolute Gasteiger partial charge is 0.191 e. The summed E-state index contributed by atoms with van der Waals surface area (Å²) in [7, 11) is 1.83. The van der Waals surface area contributed by atoms with Gasteiger partial charge >= 0.3 is 0 Å². The van der Waals surface area contributed by atoms with Gasteiger partial charge in [0.05, 0.1) is 17.7 Å². The highest BCUT2D eigenvalue weighted by Crippen LogP contribution is 2.19. The number of aliphatic hydroxyl groups is 1. The molecule has 26 heavy (non-hydrogen) atoms. The van der Waals surface area contributed by atoms with Crippen LogP contribution in [0.3, 0.4) is 0 Å². The van der Waals surface area contributed by atoms with E-state index in [0.29, 0.717) is 5.96 Å². The van der Waals surface area contributed by atoms with Crippen LogP contribution in [0.1, 0.15) is 36.5 Å². The maximum atomic E-state index is 10.6. The third kappa shape index (κ3) is 7.20. The number of hydrogen-bond acceptors (Lipinski definition) is 5. The van der Waals surface area contributed by atoms with E-state index in [0.717, 1.165) is 37.2 Å². The molecule has 0 aliphatic rings. The van der Waals surface area contributed by atoms with Crippen LogP contribution in [0.2, 0.25) is 0 Å². The molecule has 0 amide bonds. The summed E-state index contributed by atoms with van der Waals surface area (Å²) >= 11 is 1.71. The number of nitrogens with one attached hydrogen (secondary N) is 2. The van der Waals surface area contributed by atoms with Gasteiger partial charge in [-0.25, -0.2) is 9.98 Å². The van der Waals surface area contributed by atoms with Crippen LogP contribution in [0.15, 0.2) is 22.8 Å². The molecule has 2 rings (SSSR count). The van der Waals surface area contributed by atoms with E-state index in [1.54, 1.807) is 29.1 Å². The molecular weight excluding hydrogens is 463 g/mol. The SMILES string of the molecule is CCNC(=NCC(C)(O)c1cnn(C)c1)NCCCc1nc(C)cs1.I. The summed E-state index contributed by atoms with van der Waals surface area (Å²) in [6.45, 7) is 7.63. The third-order valence-corrected chi connectivity index (χ3v) is 4.77. The van der Waals surface area contributed by atoms with Gasteiger partial charge < -0.3 is 15.7 Å². The van der Waals surface area contributed by atoms with Gasteiger partial charge in [0.15, 0.2) is 5.96 Å². The quantitative estimate of drug-likeness (QED) is 0.228. The fourth-order valence-electron chi connectivity index (χ4n) is 2.33. The number of nitrogens with zero attached hydrogens (tertiary/aromatic N) is 4. The molecule has 1 unspecified atom stereocenters. The zero-order valence-electron chi connectivity index (χ0n) is 15.8. The molecule has 0 radical (unpaired) electrons. The Hall–Kier alpha value is -1.20. The second kappa shape index (κ2) is 10.8. The maximum absolute atomic E-state index is 10.6. The predicted molar refractivity (Wildman–Crippen MR) is 117 cm³/mol. The summed E-state index contributed by atoms with van der Waals surface area (Å²) in [5.74, 6) is 0.710. The van der Waals surface area contributed by atoms with Crippen LogP contribution in [0.5, 0.6) is 0 Å². The van der Waals surface area contributed by atoms with Crippen LogP contribution in [0.4, 0.5) is 0 Å². The highest BCUT2D eigenvalue weighted by Gasteiger charge is 2.24. The van der Waals surface area contributed by atoms with Crippen molar-refractivity contribution in [2.75, 3.05) is 19.6 Å².